The van der Waals surface area contributed by atoms with Gasteiger partial charge in [0.25, 0.3) is 0 Å². The first kappa shape index (κ1) is 32.6. The summed E-state index contributed by atoms with van der Waals surface area (Å²) in [4.78, 5) is 37.9. The normalized spacial score (nSPS) is 33.6. The maximum absolute atomic E-state index is 13.2. The Morgan fingerprint density at radius 1 is 1.18 bits per heavy atom. The van der Waals surface area contributed by atoms with Crippen LogP contribution in [0.25, 0.3) is 0 Å². The minimum absolute atomic E-state index is 0. The van der Waals surface area contributed by atoms with Crippen molar-refractivity contribution in [2.75, 3.05) is 13.2 Å². The quantitative estimate of drug-likeness (QED) is 0.128. The van der Waals surface area contributed by atoms with Gasteiger partial charge in [-0.05, 0) is 75.5 Å². The molecule has 216 valence electrons. The smallest absolute Gasteiger partial charge is 0.746 e. The Labute approximate surface area is 251 Å². The zero-order chi connectivity index (χ0) is 27.9. The van der Waals surface area contributed by atoms with E-state index in [1.165, 1.54) is 0 Å². The molecule has 3 unspecified atom stereocenters. The van der Waals surface area contributed by atoms with Gasteiger partial charge in [-0.25, -0.2) is 13.2 Å². The molecule has 5 fully saturated rings. The van der Waals surface area contributed by atoms with Crippen molar-refractivity contribution in [1.82, 2.24) is 16.0 Å². The number of aliphatic hydroxyl groups is 2. The molecule has 39 heavy (non-hydrogen) atoms. The molecular weight excluding hydrogens is 541 g/mol. The average molecular weight is 582 g/mol. The molecule has 14 heteroatoms. The van der Waals surface area contributed by atoms with Gasteiger partial charge in [-0.1, -0.05) is 13.8 Å². The van der Waals surface area contributed by atoms with Crippen molar-refractivity contribution in [1.29, 1.82) is 0 Å². The van der Waals surface area contributed by atoms with Crippen molar-refractivity contribution < 1.29 is 71.9 Å². The van der Waals surface area contributed by atoms with E-state index in [0.29, 0.717) is 31.2 Å². The summed E-state index contributed by atoms with van der Waals surface area (Å²) in [5, 5.41) is 28.6. The van der Waals surface area contributed by atoms with E-state index in [4.69, 9.17) is 4.74 Å². The van der Waals surface area contributed by atoms with E-state index in [1.807, 2.05) is 13.8 Å². The molecule has 4 aliphatic carbocycles. The topological polar surface area (TPSA) is 194 Å². The molecule has 5 aliphatic rings. The number of hydrogen-bond donors (Lipinski definition) is 5. The Kier molecular flexibility index (Phi) is 10.4. The largest absolute Gasteiger partial charge is 1.00 e. The SMILES string of the molecule is CC(C)C[C@H](NC(=O)OCC12CC3CC(CC(O)(C3)C1)C2)C(=O)N[C@@H](C[C@H]1CCNC1=O)C(O)S(=O)(=O)[O-].[Na+]. The monoisotopic (exact) mass is 581 g/mol. The number of rotatable bonds is 11. The fourth-order valence-corrected chi connectivity index (χ4v) is 8.17. The van der Waals surface area contributed by atoms with Crippen LogP contribution in [0, 0.1) is 29.1 Å². The predicted octanol–water partition coefficient (Wildman–Crippen LogP) is -2.66. The summed E-state index contributed by atoms with van der Waals surface area (Å²) in [5.74, 6) is -1.01. The van der Waals surface area contributed by atoms with Gasteiger partial charge in [0.1, 0.15) is 16.2 Å². The van der Waals surface area contributed by atoms with Gasteiger partial charge in [0.2, 0.25) is 11.8 Å². The van der Waals surface area contributed by atoms with Crippen LogP contribution in [0.1, 0.15) is 71.6 Å². The van der Waals surface area contributed by atoms with Crippen molar-refractivity contribution in [3.8, 4) is 0 Å². The molecule has 1 aliphatic heterocycles. The second kappa shape index (κ2) is 12.5. The molecule has 5 N–H and O–H groups in total. The van der Waals surface area contributed by atoms with Gasteiger partial charge in [-0.2, -0.15) is 0 Å². The summed E-state index contributed by atoms with van der Waals surface area (Å²) >= 11 is 0. The number of aliphatic hydroxyl groups excluding tert-OH is 1. The van der Waals surface area contributed by atoms with Gasteiger partial charge in [0.05, 0.1) is 18.2 Å². The first-order chi connectivity index (χ1) is 17.7. The number of carbonyl (C=O) groups excluding carboxylic acids is 3. The predicted molar refractivity (Wildman–Crippen MR) is 133 cm³/mol. The van der Waals surface area contributed by atoms with Crippen molar-refractivity contribution in [2.45, 2.75) is 94.8 Å². The third-order valence-corrected chi connectivity index (χ3v) is 9.57. The fraction of sp³-hybridized carbons (Fsp3) is 0.880. The van der Waals surface area contributed by atoms with Crippen LogP contribution >= 0.6 is 0 Å². The molecule has 0 aromatic rings. The zero-order valence-corrected chi connectivity index (χ0v) is 25.8. The number of carbonyl (C=O) groups is 3. The van der Waals surface area contributed by atoms with Crippen LogP contribution in [0.3, 0.4) is 0 Å². The number of nitrogens with one attached hydrogen (secondary N) is 3. The van der Waals surface area contributed by atoms with Gasteiger partial charge in [0.15, 0.2) is 5.44 Å². The van der Waals surface area contributed by atoms with E-state index in [2.05, 4.69) is 16.0 Å². The van der Waals surface area contributed by atoms with Gasteiger partial charge in [0, 0.05) is 17.9 Å². The summed E-state index contributed by atoms with van der Waals surface area (Å²) in [5.41, 5.74) is -3.42. The van der Waals surface area contributed by atoms with Gasteiger partial charge in [-0.3, -0.25) is 9.59 Å². The number of hydrogen-bond acceptors (Lipinski definition) is 9. The summed E-state index contributed by atoms with van der Waals surface area (Å²) < 4.78 is 40.2. The minimum Gasteiger partial charge on any atom is -0.746 e. The van der Waals surface area contributed by atoms with Crippen molar-refractivity contribution >= 4 is 28.0 Å². The standard InChI is InChI=1S/C25H41N3O9S.Na/c1-14(2)5-18(21(30)27-19(22(31)38(34,35)36)7-17-3-4-26-20(17)29)28-23(32)37-13-24-8-15-6-16(9-24)11-25(33,10-15)12-24;/h14-19,22,31,33H,3-13H2,1-2H3,(H,26,29)(H,27,30)(H,28,32)(H,34,35,36);/q;+1/p-1/t15?,16?,17-,18+,19+,22?,24?,25?;/m1./s1. The van der Waals surface area contributed by atoms with E-state index in [1.54, 1.807) is 0 Å². The van der Waals surface area contributed by atoms with Crippen LogP contribution in [-0.4, -0.2) is 77.4 Å². The second-order valence-corrected chi connectivity index (χ2v) is 14.1. The molecular formula is C25H40N3NaO9S. The molecule has 12 nitrogen and oxygen atoms in total. The van der Waals surface area contributed by atoms with E-state index in [0.717, 1.165) is 32.1 Å². The molecule has 5 rings (SSSR count). The zero-order valence-electron chi connectivity index (χ0n) is 23.0. The van der Waals surface area contributed by atoms with Crippen LogP contribution in [0.4, 0.5) is 4.79 Å². The molecule has 0 aromatic heterocycles. The van der Waals surface area contributed by atoms with E-state index in [9.17, 15) is 37.6 Å². The Hall–Kier alpha value is -0.960. The van der Waals surface area contributed by atoms with Crippen molar-refractivity contribution in [3.63, 3.8) is 0 Å². The minimum atomic E-state index is -5.19. The van der Waals surface area contributed by atoms with Crippen molar-refractivity contribution in [2.24, 2.45) is 29.1 Å². The van der Waals surface area contributed by atoms with Crippen LogP contribution in [0.5, 0.6) is 0 Å². The van der Waals surface area contributed by atoms with Crippen molar-refractivity contribution in [3.05, 3.63) is 0 Å². The molecule has 0 aromatic carbocycles. The molecule has 0 radical (unpaired) electrons. The third-order valence-electron chi connectivity index (χ3n) is 8.65. The Morgan fingerprint density at radius 2 is 1.82 bits per heavy atom. The molecule has 4 saturated carbocycles. The summed E-state index contributed by atoms with van der Waals surface area (Å²) in [7, 11) is -5.19. The average Bonchev–Trinajstić information content (AvgIpc) is 3.18. The number of alkyl carbamates (subject to hydrolysis) is 1. The number of ether oxygens (including phenoxy) is 1. The maximum Gasteiger partial charge on any atom is 1.00 e. The maximum atomic E-state index is 13.2. The third kappa shape index (κ3) is 8.08. The van der Waals surface area contributed by atoms with E-state index < -0.39 is 51.2 Å². The van der Waals surface area contributed by atoms with E-state index >= 15 is 0 Å². The van der Waals surface area contributed by atoms with Crippen LogP contribution in [-0.2, 0) is 24.4 Å². The first-order valence-electron chi connectivity index (χ1n) is 13.5. The second-order valence-electron chi connectivity index (χ2n) is 12.6. The molecule has 1 saturated heterocycles. The van der Waals surface area contributed by atoms with E-state index in [-0.39, 0.29) is 66.2 Å². The van der Waals surface area contributed by atoms with Crippen LogP contribution < -0.4 is 45.5 Å². The summed E-state index contributed by atoms with van der Waals surface area (Å²) in [6.07, 6.45) is 4.58. The van der Waals surface area contributed by atoms with Crippen LogP contribution in [0.15, 0.2) is 0 Å². The molecule has 4 bridgehead atoms. The number of amides is 3. The van der Waals surface area contributed by atoms with Gasteiger partial charge < -0.3 is 35.5 Å². The fourth-order valence-electron chi connectivity index (χ4n) is 7.58. The summed E-state index contributed by atoms with van der Waals surface area (Å²) in [6.45, 7) is 4.17. The van der Waals surface area contributed by atoms with Crippen LogP contribution in [0.2, 0.25) is 0 Å². The summed E-state index contributed by atoms with van der Waals surface area (Å²) in [6, 6.07) is -2.65. The Bertz CT molecular complexity index is 1030. The Morgan fingerprint density at radius 3 is 2.33 bits per heavy atom. The molecule has 0 spiro atoms. The molecule has 6 atom stereocenters. The molecule has 3 amide bonds. The molecule has 1 heterocycles. The Balaban J connectivity index is 0.00000420. The first-order valence-corrected chi connectivity index (χ1v) is 15.0. The van der Waals surface area contributed by atoms with Gasteiger partial charge >= 0.3 is 35.7 Å². The van der Waals surface area contributed by atoms with Gasteiger partial charge in [-0.15, -0.1) is 0 Å².